The van der Waals surface area contributed by atoms with Crippen LogP contribution in [0.15, 0.2) is 41.8 Å². The molecule has 3 heterocycles. The number of carbonyl (C=O) groups is 3. The van der Waals surface area contributed by atoms with Gasteiger partial charge >= 0.3 is 12.0 Å². The highest BCUT2D eigenvalue weighted by Crippen LogP contribution is 2.43. The van der Waals surface area contributed by atoms with Crippen molar-refractivity contribution < 1.29 is 19.1 Å². The van der Waals surface area contributed by atoms with Crippen LogP contribution in [0, 0.1) is 5.41 Å². The number of esters is 1. The molecular formula is C20H21N3O4S. The van der Waals surface area contributed by atoms with Crippen LogP contribution in [0.4, 0.5) is 16.2 Å². The zero-order chi connectivity index (χ0) is 19.7. The number of ether oxygens (including phenoxy) is 1. The summed E-state index contributed by atoms with van der Waals surface area (Å²) in [5.74, 6) is -0.325. The molecule has 8 heteroatoms. The molecule has 146 valence electrons. The number of anilines is 2. The molecule has 4 rings (SSSR count). The Balaban J connectivity index is 1.35. The highest BCUT2D eigenvalue weighted by molar-refractivity contribution is 7.12. The molecular weight excluding hydrogens is 378 g/mol. The molecule has 28 heavy (non-hydrogen) atoms. The molecule has 1 aromatic carbocycles. The lowest BCUT2D eigenvalue weighted by molar-refractivity contribution is -0.138. The number of benzene rings is 1. The number of amides is 3. The van der Waals surface area contributed by atoms with Crippen LogP contribution in [0.25, 0.3) is 0 Å². The molecule has 3 amide bonds. The van der Waals surface area contributed by atoms with Gasteiger partial charge in [0.05, 0.1) is 18.2 Å². The maximum Gasteiger partial charge on any atom is 0.350 e. The third-order valence-electron chi connectivity index (χ3n) is 5.51. The van der Waals surface area contributed by atoms with Crippen LogP contribution < -0.4 is 10.2 Å². The van der Waals surface area contributed by atoms with E-state index in [2.05, 4.69) is 5.32 Å². The molecule has 7 nitrogen and oxygen atoms in total. The Hall–Kier alpha value is -2.87. The molecule has 2 fully saturated rings. The molecule has 0 bridgehead atoms. The SMILES string of the molecule is COC(=O)c1sccc1NC(=O)N1CCC2(CC1)CN(c1ccccc1)C2=O. The van der Waals surface area contributed by atoms with Gasteiger partial charge in [0.25, 0.3) is 0 Å². The van der Waals surface area contributed by atoms with E-state index in [1.807, 2.05) is 35.2 Å². The Bertz CT molecular complexity index is 903. The number of likely N-dealkylation sites (tertiary alicyclic amines) is 1. The number of urea groups is 1. The Morgan fingerprint density at radius 3 is 2.50 bits per heavy atom. The maximum atomic E-state index is 12.8. The van der Waals surface area contributed by atoms with Gasteiger partial charge in [0.2, 0.25) is 5.91 Å². The Labute approximate surface area is 166 Å². The van der Waals surface area contributed by atoms with Crippen molar-refractivity contribution >= 4 is 40.6 Å². The van der Waals surface area contributed by atoms with Gasteiger partial charge in [-0.05, 0) is 36.4 Å². The lowest BCUT2D eigenvalue weighted by Gasteiger charge is -2.52. The summed E-state index contributed by atoms with van der Waals surface area (Å²) >= 11 is 1.22. The average Bonchev–Trinajstić information content (AvgIpc) is 3.20. The standard InChI is InChI=1S/C20H21N3O4S/c1-27-17(24)16-15(7-12-28-16)21-19(26)22-10-8-20(9-11-22)13-23(18(20)25)14-5-3-2-4-6-14/h2-7,12H,8-11,13H2,1H3,(H,21,26). The summed E-state index contributed by atoms with van der Waals surface area (Å²) < 4.78 is 4.73. The number of para-hydroxylation sites is 1. The van der Waals surface area contributed by atoms with Gasteiger partial charge in [-0.1, -0.05) is 18.2 Å². The smallest absolute Gasteiger partial charge is 0.350 e. The lowest BCUT2D eigenvalue weighted by Crippen LogP contribution is -2.65. The first-order valence-electron chi connectivity index (χ1n) is 9.13. The number of hydrogen-bond acceptors (Lipinski definition) is 5. The summed E-state index contributed by atoms with van der Waals surface area (Å²) in [6.07, 6.45) is 1.30. The van der Waals surface area contributed by atoms with Crippen LogP contribution in [-0.4, -0.2) is 49.6 Å². The maximum absolute atomic E-state index is 12.8. The normalized spacial score (nSPS) is 18.0. The van der Waals surface area contributed by atoms with Crippen molar-refractivity contribution in [1.29, 1.82) is 0 Å². The van der Waals surface area contributed by atoms with Crippen molar-refractivity contribution in [2.45, 2.75) is 12.8 Å². The molecule has 0 radical (unpaired) electrons. The fraction of sp³-hybridized carbons (Fsp3) is 0.350. The molecule has 0 aliphatic carbocycles. The number of rotatable bonds is 3. The summed E-state index contributed by atoms with van der Waals surface area (Å²) in [5.41, 5.74) is 1.02. The number of carbonyl (C=O) groups excluding carboxylic acids is 3. The van der Waals surface area contributed by atoms with E-state index in [1.54, 1.807) is 16.3 Å². The van der Waals surface area contributed by atoms with Crippen molar-refractivity contribution in [3.8, 4) is 0 Å². The van der Waals surface area contributed by atoms with Crippen molar-refractivity contribution in [2.75, 3.05) is 37.0 Å². The van der Waals surface area contributed by atoms with E-state index >= 15 is 0 Å². The zero-order valence-corrected chi connectivity index (χ0v) is 16.3. The lowest BCUT2D eigenvalue weighted by atomic mass is 9.71. The first kappa shape index (κ1) is 18.5. The zero-order valence-electron chi connectivity index (χ0n) is 15.5. The van der Waals surface area contributed by atoms with Crippen LogP contribution in [-0.2, 0) is 9.53 Å². The van der Waals surface area contributed by atoms with Crippen LogP contribution in [0.5, 0.6) is 0 Å². The molecule has 1 spiro atoms. The largest absolute Gasteiger partial charge is 0.465 e. The van der Waals surface area contributed by atoms with Crippen molar-refractivity contribution in [3.63, 3.8) is 0 Å². The number of β-lactam (4-membered cyclic amide) rings is 1. The molecule has 2 saturated heterocycles. The molecule has 1 aromatic heterocycles. The summed E-state index contributed by atoms with van der Waals surface area (Å²) in [7, 11) is 1.31. The second-order valence-corrected chi connectivity index (χ2v) is 8.00. The molecule has 2 aromatic rings. The molecule has 2 aliphatic heterocycles. The van der Waals surface area contributed by atoms with E-state index in [9.17, 15) is 14.4 Å². The van der Waals surface area contributed by atoms with Gasteiger partial charge in [-0.2, -0.15) is 0 Å². The molecule has 0 atom stereocenters. The first-order valence-corrected chi connectivity index (χ1v) is 10.0. The van der Waals surface area contributed by atoms with Gasteiger partial charge < -0.3 is 19.9 Å². The van der Waals surface area contributed by atoms with Crippen LogP contribution in [0.2, 0.25) is 0 Å². The number of nitrogens with one attached hydrogen (secondary N) is 1. The number of nitrogens with zero attached hydrogens (tertiary/aromatic N) is 2. The van der Waals surface area contributed by atoms with Gasteiger partial charge in [-0.15, -0.1) is 11.3 Å². The monoisotopic (exact) mass is 399 g/mol. The van der Waals surface area contributed by atoms with E-state index in [4.69, 9.17) is 4.74 Å². The molecule has 0 saturated carbocycles. The fourth-order valence-electron chi connectivity index (χ4n) is 3.82. The first-order chi connectivity index (χ1) is 13.5. The Kier molecular flexibility index (Phi) is 4.80. The highest BCUT2D eigenvalue weighted by Gasteiger charge is 2.53. The summed E-state index contributed by atoms with van der Waals surface area (Å²) in [6, 6.07) is 11.1. The van der Waals surface area contributed by atoms with Gasteiger partial charge in [0.1, 0.15) is 4.88 Å². The van der Waals surface area contributed by atoms with Crippen LogP contribution in [0.1, 0.15) is 22.5 Å². The Morgan fingerprint density at radius 2 is 1.86 bits per heavy atom. The van der Waals surface area contributed by atoms with Gasteiger partial charge in [0, 0.05) is 25.3 Å². The molecule has 1 N–H and O–H groups in total. The van der Waals surface area contributed by atoms with Crippen molar-refractivity contribution in [2.24, 2.45) is 5.41 Å². The number of piperidine rings is 1. The van der Waals surface area contributed by atoms with E-state index in [1.165, 1.54) is 18.4 Å². The second kappa shape index (κ2) is 7.27. The van der Waals surface area contributed by atoms with Gasteiger partial charge in [0.15, 0.2) is 0 Å². The number of thiophene rings is 1. The minimum atomic E-state index is -0.469. The van der Waals surface area contributed by atoms with E-state index in [0.29, 0.717) is 43.0 Å². The van der Waals surface area contributed by atoms with Gasteiger partial charge in [-0.25, -0.2) is 9.59 Å². The van der Waals surface area contributed by atoms with Crippen LogP contribution >= 0.6 is 11.3 Å². The highest BCUT2D eigenvalue weighted by atomic mass is 32.1. The Morgan fingerprint density at radius 1 is 1.14 bits per heavy atom. The van der Waals surface area contributed by atoms with E-state index in [0.717, 1.165) is 5.69 Å². The third kappa shape index (κ3) is 3.13. The third-order valence-corrected chi connectivity index (χ3v) is 6.41. The van der Waals surface area contributed by atoms with E-state index in [-0.39, 0.29) is 17.4 Å². The predicted molar refractivity (Wildman–Crippen MR) is 107 cm³/mol. The topological polar surface area (TPSA) is 79.0 Å². The second-order valence-electron chi connectivity index (χ2n) is 7.08. The van der Waals surface area contributed by atoms with Crippen LogP contribution in [0.3, 0.4) is 0 Å². The summed E-state index contributed by atoms with van der Waals surface area (Å²) in [4.78, 5) is 41.0. The quantitative estimate of drug-likeness (QED) is 0.635. The van der Waals surface area contributed by atoms with Gasteiger partial charge in [-0.3, -0.25) is 4.79 Å². The summed E-state index contributed by atoms with van der Waals surface area (Å²) in [5, 5.41) is 4.52. The molecule has 2 aliphatic rings. The summed E-state index contributed by atoms with van der Waals surface area (Å²) in [6.45, 7) is 1.72. The number of hydrogen-bond donors (Lipinski definition) is 1. The van der Waals surface area contributed by atoms with Crippen molar-refractivity contribution in [3.05, 3.63) is 46.7 Å². The predicted octanol–water partition coefficient (Wildman–Crippen LogP) is 3.20. The average molecular weight is 399 g/mol. The van der Waals surface area contributed by atoms with Crippen molar-refractivity contribution in [1.82, 2.24) is 4.90 Å². The molecule has 0 unspecified atom stereocenters. The minimum Gasteiger partial charge on any atom is -0.465 e. The number of methoxy groups -OCH3 is 1. The van der Waals surface area contributed by atoms with E-state index < -0.39 is 5.97 Å². The fourth-order valence-corrected chi connectivity index (χ4v) is 4.58. The minimum absolute atomic E-state index is 0.143.